The quantitative estimate of drug-likeness (QED) is 0.401. The number of thiophene rings is 1. The minimum absolute atomic E-state index is 0.243. The summed E-state index contributed by atoms with van der Waals surface area (Å²) in [4.78, 5) is 23.9. The van der Waals surface area contributed by atoms with Crippen LogP contribution in [-0.4, -0.2) is 30.1 Å². The molecule has 33 heavy (non-hydrogen) atoms. The summed E-state index contributed by atoms with van der Waals surface area (Å²) in [6, 6.07) is 12.3. The van der Waals surface area contributed by atoms with Gasteiger partial charge in [0.2, 0.25) is 5.88 Å². The fourth-order valence-electron chi connectivity index (χ4n) is 4.04. The summed E-state index contributed by atoms with van der Waals surface area (Å²) < 4.78 is 16.6. The van der Waals surface area contributed by atoms with Crippen molar-refractivity contribution in [2.24, 2.45) is 0 Å². The average Bonchev–Trinajstić information content (AvgIpc) is 3.24. The third-order valence-electron chi connectivity index (χ3n) is 5.69. The molecular formula is C25H23N3O4S. The summed E-state index contributed by atoms with van der Waals surface area (Å²) in [5.41, 5.74) is 2.46. The van der Waals surface area contributed by atoms with Crippen molar-refractivity contribution in [2.75, 3.05) is 19.5 Å². The minimum atomic E-state index is -0.243. The van der Waals surface area contributed by atoms with E-state index >= 15 is 0 Å². The fraction of sp³-hybridized carbons (Fsp3) is 0.240. The number of hydrogen-bond donors (Lipinski definition) is 1. The van der Waals surface area contributed by atoms with Crippen LogP contribution in [0.3, 0.4) is 0 Å². The second kappa shape index (κ2) is 9.07. The van der Waals surface area contributed by atoms with Gasteiger partial charge in [0.25, 0.3) is 5.91 Å². The summed E-state index contributed by atoms with van der Waals surface area (Å²) in [5.74, 6) is 2.06. The van der Waals surface area contributed by atoms with Crippen LogP contribution in [0.2, 0.25) is 0 Å². The molecule has 0 aliphatic heterocycles. The van der Waals surface area contributed by atoms with E-state index in [0.29, 0.717) is 34.4 Å². The molecule has 0 saturated carbocycles. The number of anilines is 1. The Morgan fingerprint density at radius 2 is 1.76 bits per heavy atom. The number of benzene rings is 2. The van der Waals surface area contributed by atoms with Crippen LogP contribution in [-0.2, 0) is 12.8 Å². The summed E-state index contributed by atoms with van der Waals surface area (Å²) in [5, 5.41) is 3.92. The molecule has 7 nitrogen and oxygen atoms in total. The lowest BCUT2D eigenvalue weighted by Gasteiger charge is -2.12. The van der Waals surface area contributed by atoms with Gasteiger partial charge in [0.15, 0.2) is 11.5 Å². The zero-order valence-electron chi connectivity index (χ0n) is 18.4. The maximum Gasteiger partial charge on any atom is 0.255 e. The molecule has 0 fully saturated rings. The Labute approximate surface area is 195 Å². The molecule has 1 amide bonds. The maximum absolute atomic E-state index is 12.7. The summed E-state index contributed by atoms with van der Waals surface area (Å²) >= 11 is 1.74. The Balaban J connectivity index is 1.33. The average molecular weight is 462 g/mol. The lowest BCUT2D eigenvalue weighted by atomic mass is 9.97. The van der Waals surface area contributed by atoms with E-state index < -0.39 is 0 Å². The molecule has 8 heteroatoms. The van der Waals surface area contributed by atoms with E-state index in [2.05, 4.69) is 15.3 Å². The number of carbonyl (C=O) groups excluding carboxylic acids is 1. The van der Waals surface area contributed by atoms with Crippen LogP contribution in [0.4, 0.5) is 5.69 Å². The van der Waals surface area contributed by atoms with E-state index in [4.69, 9.17) is 14.2 Å². The largest absolute Gasteiger partial charge is 0.493 e. The molecule has 2 aromatic heterocycles. The van der Waals surface area contributed by atoms with Crippen molar-refractivity contribution in [2.45, 2.75) is 25.7 Å². The standard InChI is InChI=1S/C25H23N3O4S/c1-30-19-12-7-15(13-20(19)31-2)23(29)28-16-8-10-17(11-9-16)32-24-22-18-5-3-4-6-21(18)33-25(22)27-14-26-24/h7-14H,3-6H2,1-2H3,(H,28,29). The topological polar surface area (TPSA) is 82.6 Å². The molecule has 0 atom stereocenters. The smallest absolute Gasteiger partial charge is 0.255 e. The first-order chi connectivity index (χ1) is 16.2. The van der Waals surface area contributed by atoms with Crippen LogP contribution >= 0.6 is 11.3 Å². The Hall–Kier alpha value is -3.65. The van der Waals surface area contributed by atoms with Gasteiger partial charge in [-0.05, 0) is 73.7 Å². The third-order valence-corrected chi connectivity index (χ3v) is 6.89. The number of carbonyl (C=O) groups is 1. The molecule has 0 unspecified atom stereocenters. The highest BCUT2D eigenvalue weighted by Crippen LogP contribution is 2.40. The first-order valence-corrected chi connectivity index (χ1v) is 11.5. The van der Waals surface area contributed by atoms with E-state index in [-0.39, 0.29) is 5.91 Å². The van der Waals surface area contributed by atoms with Gasteiger partial charge in [0.1, 0.15) is 16.9 Å². The van der Waals surface area contributed by atoms with E-state index in [0.717, 1.165) is 23.1 Å². The Bertz CT molecular complexity index is 1320. The number of rotatable bonds is 6. The van der Waals surface area contributed by atoms with Crippen LogP contribution in [0.25, 0.3) is 10.2 Å². The van der Waals surface area contributed by atoms with Crippen LogP contribution in [0.1, 0.15) is 33.6 Å². The van der Waals surface area contributed by atoms with Crippen molar-refractivity contribution in [3.63, 3.8) is 0 Å². The fourth-order valence-corrected chi connectivity index (χ4v) is 5.26. The molecule has 1 N–H and O–H groups in total. The van der Waals surface area contributed by atoms with Crippen molar-refractivity contribution in [1.29, 1.82) is 0 Å². The van der Waals surface area contributed by atoms with Crippen LogP contribution < -0.4 is 19.5 Å². The maximum atomic E-state index is 12.7. The normalized spacial score (nSPS) is 12.8. The highest BCUT2D eigenvalue weighted by Gasteiger charge is 2.21. The van der Waals surface area contributed by atoms with Crippen molar-refractivity contribution >= 4 is 33.1 Å². The number of ether oxygens (including phenoxy) is 3. The van der Waals surface area contributed by atoms with Crippen LogP contribution in [0, 0.1) is 0 Å². The van der Waals surface area contributed by atoms with Gasteiger partial charge in [-0.25, -0.2) is 9.97 Å². The van der Waals surface area contributed by atoms with Gasteiger partial charge in [-0.15, -0.1) is 11.3 Å². The van der Waals surface area contributed by atoms with E-state index in [1.54, 1.807) is 55.1 Å². The van der Waals surface area contributed by atoms with Gasteiger partial charge in [0, 0.05) is 16.1 Å². The second-order valence-corrected chi connectivity index (χ2v) is 8.80. The van der Waals surface area contributed by atoms with Gasteiger partial charge in [0.05, 0.1) is 19.6 Å². The molecule has 1 aliphatic rings. The Morgan fingerprint density at radius 3 is 2.55 bits per heavy atom. The number of fused-ring (bicyclic) bond motifs is 3. The van der Waals surface area contributed by atoms with Gasteiger partial charge < -0.3 is 19.5 Å². The van der Waals surface area contributed by atoms with E-state index in [1.807, 2.05) is 12.1 Å². The first-order valence-electron chi connectivity index (χ1n) is 10.7. The Kier molecular flexibility index (Phi) is 5.83. The van der Waals surface area contributed by atoms with Crippen molar-refractivity contribution in [1.82, 2.24) is 9.97 Å². The van der Waals surface area contributed by atoms with Gasteiger partial charge in [-0.3, -0.25) is 4.79 Å². The number of amides is 1. The number of nitrogens with zero attached hydrogens (tertiary/aromatic N) is 2. The molecule has 2 heterocycles. The molecule has 4 aromatic rings. The molecule has 0 spiro atoms. The monoisotopic (exact) mass is 461 g/mol. The van der Waals surface area contributed by atoms with Crippen molar-refractivity contribution < 1.29 is 19.0 Å². The van der Waals surface area contributed by atoms with Crippen LogP contribution in [0.15, 0.2) is 48.8 Å². The second-order valence-electron chi connectivity index (χ2n) is 7.72. The predicted octanol–water partition coefficient (Wildman–Crippen LogP) is 5.63. The number of hydrogen-bond acceptors (Lipinski definition) is 7. The van der Waals surface area contributed by atoms with Gasteiger partial charge in [-0.2, -0.15) is 0 Å². The number of methoxy groups -OCH3 is 2. The first kappa shape index (κ1) is 21.2. The number of nitrogens with one attached hydrogen (secondary N) is 1. The van der Waals surface area contributed by atoms with Gasteiger partial charge >= 0.3 is 0 Å². The lowest BCUT2D eigenvalue weighted by molar-refractivity contribution is 0.102. The summed E-state index contributed by atoms with van der Waals surface area (Å²) in [6.07, 6.45) is 6.10. The molecular weight excluding hydrogens is 438 g/mol. The molecule has 0 radical (unpaired) electrons. The van der Waals surface area contributed by atoms with E-state index in [9.17, 15) is 4.79 Å². The molecule has 168 valence electrons. The summed E-state index contributed by atoms with van der Waals surface area (Å²) in [6.45, 7) is 0. The van der Waals surface area contributed by atoms with E-state index in [1.165, 1.54) is 30.4 Å². The molecule has 0 bridgehead atoms. The highest BCUT2D eigenvalue weighted by molar-refractivity contribution is 7.18. The lowest BCUT2D eigenvalue weighted by Crippen LogP contribution is -2.12. The highest BCUT2D eigenvalue weighted by atomic mass is 32.1. The molecule has 5 rings (SSSR count). The SMILES string of the molecule is COc1ccc(C(=O)Nc2ccc(Oc3ncnc4sc5c(c34)CCCC5)cc2)cc1OC. The third kappa shape index (κ3) is 4.21. The van der Waals surface area contributed by atoms with Crippen LogP contribution in [0.5, 0.6) is 23.1 Å². The van der Waals surface area contributed by atoms with Gasteiger partial charge in [-0.1, -0.05) is 0 Å². The predicted molar refractivity (Wildman–Crippen MR) is 128 cm³/mol. The summed E-state index contributed by atoms with van der Waals surface area (Å²) in [7, 11) is 3.09. The molecule has 0 saturated heterocycles. The van der Waals surface area contributed by atoms with Crippen molar-refractivity contribution in [3.05, 3.63) is 64.8 Å². The number of aromatic nitrogens is 2. The Morgan fingerprint density at radius 1 is 0.970 bits per heavy atom. The number of aryl methyl sites for hydroxylation is 2. The zero-order valence-corrected chi connectivity index (χ0v) is 19.2. The molecule has 1 aliphatic carbocycles. The minimum Gasteiger partial charge on any atom is -0.493 e. The zero-order chi connectivity index (χ0) is 22.8. The molecule has 2 aromatic carbocycles. The van der Waals surface area contributed by atoms with Crippen molar-refractivity contribution in [3.8, 4) is 23.1 Å².